The molecule has 1 aliphatic rings. The van der Waals surface area contributed by atoms with Crippen molar-refractivity contribution in [2.75, 3.05) is 25.9 Å². The van der Waals surface area contributed by atoms with E-state index in [4.69, 9.17) is 5.11 Å². The summed E-state index contributed by atoms with van der Waals surface area (Å²) in [7, 11) is -2.20. The standard InChI is InChI=1S/C9H18N2O4S/c1-11(16(14,15)7-9(12)13)8-3-2-5-10-6-4-8/h8,10H,2-7H2,1H3,(H,12,13). The molecule has 0 spiro atoms. The Morgan fingerprint density at radius 3 is 2.75 bits per heavy atom. The maximum absolute atomic E-state index is 11.7. The van der Waals surface area contributed by atoms with Crippen LogP contribution in [-0.4, -0.2) is 55.7 Å². The minimum absolute atomic E-state index is 0.0839. The number of aliphatic carboxylic acids is 1. The van der Waals surface area contributed by atoms with Gasteiger partial charge in [0.25, 0.3) is 0 Å². The van der Waals surface area contributed by atoms with Gasteiger partial charge in [0.05, 0.1) is 0 Å². The molecule has 0 aliphatic carbocycles. The number of nitrogens with one attached hydrogen (secondary N) is 1. The van der Waals surface area contributed by atoms with Crippen LogP contribution in [0.1, 0.15) is 19.3 Å². The van der Waals surface area contributed by atoms with Crippen LogP contribution in [0.4, 0.5) is 0 Å². The zero-order valence-electron chi connectivity index (χ0n) is 9.35. The van der Waals surface area contributed by atoms with E-state index in [2.05, 4.69) is 5.32 Å². The summed E-state index contributed by atoms with van der Waals surface area (Å²) in [5, 5.41) is 11.7. The molecule has 1 atom stereocenters. The molecule has 0 aromatic heterocycles. The summed E-state index contributed by atoms with van der Waals surface area (Å²) in [6, 6.07) is -0.0839. The first kappa shape index (κ1) is 13.4. The van der Waals surface area contributed by atoms with Crippen molar-refractivity contribution >= 4 is 16.0 Å². The highest BCUT2D eigenvalue weighted by atomic mass is 32.2. The lowest BCUT2D eigenvalue weighted by atomic mass is 10.1. The number of hydrogen-bond acceptors (Lipinski definition) is 4. The lowest BCUT2D eigenvalue weighted by molar-refractivity contribution is -0.134. The van der Waals surface area contributed by atoms with E-state index in [0.717, 1.165) is 32.4 Å². The first-order valence-electron chi connectivity index (χ1n) is 5.31. The molecule has 16 heavy (non-hydrogen) atoms. The first-order valence-corrected chi connectivity index (χ1v) is 6.92. The molecule has 0 saturated carbocycles. The molecule has 0 amide bonds. The molecule has 0 bridgehead atoms. The fraction of sp³-hybridized carbons (Fsp3) is 0.889. The van der Waals surface area contributed by atoms with Crippen LogP contribution < -0.4 is 5.32 Å². The number of rotatable bonds is 4. The molecule has 1 fully saturated rings. The van der Waals surface area contributed by atoms with Crippen molar-refractivity contribution in [2.24, 2.45) is 0 Å². The first-order chi connectivity index (χ1) is 7.43. The summed E-state index contributed by atoms with van der Waals surface area (Å²) < 4.78 is 24.6. The van der Waals surface area contributed by atoms with Gasteiger partial charge in [-0.05, 0) is 32.4 Å². The van der Waals surface area contributed by atoms with Gasteiger partial charge in [0.15, 0.2) is 5.75 Å². The van der Waals surface area contributed by atoms with Gasteiger partial charge in [-0.3, -0.25) is 4.79 Å². The average molecular weight is 250 g/mol. The second-order valence-corrected chi connectivity index (χ2v) is 6.03. The van der Waals surface area contributed by atoms with Crippen LogP contribution in [0, 0.1) is 0 Å². The normalized spacial score (nSPS) is 23.0. The Bertz CT molecular complexity index is 333. The summed E-state index contributed by atoms with van der Waals surface area (Å²) in [5.41, 5.74) is 0. The van der Waals surface area contributed by atoms with E-state index in [1.54, 1.807) is 0 Å². The van der Waals surface area contributed by atoms with Crippen LogP contribution in [0.15, 0.2) is 0 Å². The average Bonchev–Trinajstić information content (AvgIpc) is 2.42. The van der Waals surface area contributed by atoms with Crippen molar-refractivity contribution < 1.29 is 18.3 Å². The van der Waals surface area contributed by atoms with Gasteiger partial charge < -0.3 is 10.4 Å². The Labute approximate surface area is 95.7 Å². The molecule has 94 valence electrons. The maximum atomic E-state index is 11.7. The monoisotopic (exact) mass is 250 g/mol. The predicted molar refractivity (Wildman–Crippen MR) is 59.7 cm³/mol. The van der Waals surface area contributed by atoms with Gasteiger partial charge in [0.1, 0.15) is 0 Å². The summed E-state index contributed by atoms with van der Waals surface area (Å²) in [6.07, 6.45) is 2.43. The Morgan fingerprint density at radius 2 is 2.12 bits per heavy atom. The van der Waals surface area contributed by atoms with E-state index in [1.165, 1.54) is 11.4 Å². The number of carboxylic acids is 1. The van der Waals surface area contributed by atoms with Crippen LogP contribution in [0.3, 0.4) is 0 Å². The van der Waals surface area contributed by atoms with Crippen LogP contribution in [0.2, 0.25) is 0 Å². The van der Waals surface area contributed by atoms with Crippen molar-refractivity contribution in [3.8, 4) is 0 Å². The molecule has 0 aromatic rings. The maximum Gasteiger partial charge on any atom is 0.320 e. The molecule has 7 heteroatoms. The Morgan fingerprint density at radius 1 is 1.44 bits per heavy atom. The Balaban J connectivity index is 2.67. The summed E-state index contributed by atoms with van der Waals surface area (Å²) in [4.78, 5) is 10.5. The Hall–Kier alpha value is -0.660. The van der Waals surface area contributed by atoms with Gasteiger partial charge in [0, 0.05) is 13.1 Å². The van der Waals surface area contributed by atoms with Gasteiger partial charge >= 0.3 is 5.97 Å². The number of sulfonamides is 1. The highest BCUT2D eigenvalue weighted by Crippen LogP contribution is 2.15. The Kier molecular flexibility index (Phi) is 4.69. The largest absolute Gasteiger partial charge is 0.480 e. The van der Waals surface area contributed by atoms with Crippen molar-refractivity contribution in [3.63, 3.8) is 0 Å². The van der Waals surface area contributed by atoms with E-state index >= 15 is 0 Å². The third kappa shape index (κ3) is 3.73. The summed E-state index contributed by atoms with van der Waals surface area (Å²) >= 11 is 0. The van der Waals surface area contributed by atoms with Crippen LogP contribution >= 0.6 is 0 Å². The highest BCUT2D eigenvalue weighted by molar-refractivity contribution is 7.89. The molecular formula is C9H18N2O4S. The van der Waals surface area contributed by atoms with Crippen molar-refractivity contribution in [2.45, 2.75) is 25.3 Å². The molecule has 0 aromatic carbocycles. The van der Waals surface area contributed by atoms with E-state index in [0.29, 0.717) is 0 Å². The molecule has 1 saturated heterocycles. The fourth-order valence-electron chi connectivity index (χ4n) is 1.85. The molecule has 2 N–H and O–H groups in total. The van der Waals surface area contributed by atoms with E-state index in [-0.39, 0.29) is 6.04 Å². The molecule has 1 unspecified atom stereocenters. The third-order valence-electron chi connectivity index (χ3n) is 2.80. The minimum atomic E-state index is -3.67. The number of hydrogen-bond donors (Lipinski definition) is 2. The molecular weight excluding hydrogens is 232 g/mol. The second kappa shape index (κ2) is 5.60. The van der Waals surface area contributed by atoms with Gasteiger partial charge in [-0.25, -0.2) is 12.7 Å². The van der Waals surface area contributed by atoms with Gasteiger partial charge in [-0.15, -0.1) is 0 Å². The van der Waals surface area contributed by atoms with Crippen molar-refractivity contribution in [3.05, 3.63) is 0 Å². The molecule has 1 heterocycles. The van der Waals surface area contributed by atoms with Crippen LogP contribution in [0.25, 0.3) is 0 Å². The highest BCUT2D eigenvalue weighted by Gasteiger charge is 2.28. The van der Waals surface area contributed by atoms with Crippen molar-refractivity contribution in [1.82, 2.24) is 9.62 Å². The number of nitrogens with zero attached hydrogens (tertiary/aromatic N) is 1. The van der Waals surface area contributed by atoms with Gasteiger partial charge in [-0.1, -0.05) is 0 Å². The molecule has 1 aliphatic heterocycles. The lowest BCUT2D eigenvalue weighted by Gasteiger charge is -2.25. The molecule has 6 nitrogen and oxygen atoms in total. The van der Waals surface area contributed by atoms with Crippen molar-refractivity contribution in [1.29, 1.82) is 0 Å². The quantitative estimate of drug-likeness (QED) is 0.701. The number of carboxylic acid groups (broad SMARTS) is 1. The van der Waals surface area contributed by atoms with Gasteiger partial charge in [-0.2, -0.15) is 0 Å². The fourth-order valence-corrected chi connectivity index (χ4v) is 3.03. The van der Waals surface area contributed by atoms with E-state index in [1.807, 2.05) is 0 Å². The zero-order valence-corrected chi connectivity index (χ0v) is 10.2. The smallest absolute Gasteiger partial charge is 0.320 e. The minimum Gasteiger partial charge on any atom is -0.480 e. The molecule has 0 radical (unpaired) electrons. The second-order valence-electron chi connectivity index (χ2n) is 4.00. The van der Waals surface area contributed by atoms with E-state index in [9.17, 15) is 13.2 Å². The lowest BCUT2D eigenvalue weighted by Crippen LogP contribution is -2.40. The third-order valence-corrected chi connectivity index (χ3v) is 4.59. The van der Waals surface area contributed by atoms with Crippen LogP contribution in [-0.2, 0) is 14.8 Å². The molecule has 1 rings (SSSR count). The SMILES string of the molecule is CN(C1CCCNCC1)S(=O)(=O)CC(=O)O. The number of carbonyl (C=O) groups is 1. The van der Waals surface area contributed by atoms with Gasteiger partial charge in [0.2, 0.25) is 10.0 Å². The predicted octanol–water partition coefficient (Wildman–Crippen LogP) is -0.525. The summed E-state index contributed by atoms with van der Waals surface area (Å²) in [6.45, 7) is 1.67. The topological polar surface area (TPSA) is 86.7 Å². The van der Waals surface area contributed by atoms with Crippen LogP contribution in [0.5, 0.6) is 0 Å². The zero-order chi connectivity index (χ0) is 12.2. The van der Waals surface area contributed by atoms with E-state index < -0.39 is 21.7 Å². The summed E-state index contributed by atoms with van der Waals surface area (Å²) in [5.74, 6) is -2.13.